The molecule has 0 radical (unpaired) electrons. The highest BCUT2D eigenvalue weighted by molar-refractivity contribution is 5.74. The fourth-order valence-electron chi connectivity index (χ4n) is 4.10. The summed E-state index contributed by atoms with van der Waals surface area (Å²) in [6, 6.07) is 12.0. The van der Waals surface area contributed by atoms with Crippen molar-refractivity contribution >= 4 is 5.76 Å². The van der Waals surface area contributed by atoms with E-state index in [1.54, 1.807) is 14.2 Å². The first-order chi connectivity index (χ1) is 11.9. The Kier molecular flexibility index (Phi) is 4.38. The average Bonchev–Trinajstić information content (AvgIpc) is 2.59. The second-order valence-corrected chi connectivity index (χ2v) is 6.91. The molecule has 1 N–H and O–H groups in total. The number of rotatable bonds is 3. The zero-order valence-electron chi connectivity index (χ0n) is 15.8. The molecule has 132 valence electrons. The normalized spacial score (nSPS) is 22.6. The molecule has 0 unspecified atom stereocenters. The predicted octanol–water partition coefficient (Wildman–Crippen LogP) is 4.58. The van der Waals surface area contributed by atoms with Crippen molar-refractivity contribution in [3.05, 3.63) is 69.8 Å². The number of aryl methyl sites for hydroxylation is 2. The predicted molar refractivity (Wildman–Crippen MR) is 101 cm³/mol. The van der Waals surface area contributed by atoms with Gasteiger partial charge in [0.05, 0.1) is 14.2 Å². The Labute approximate surface area is 149 Å². The minimum Gasteiger partial charge on any atom is -0.496 e. The molecule has 2 aromatic rings. The molecule has 0 amide bonds. The van der Waals surface area contributed by atoms with Gasteiger partial charge in [-0.05, 0) is 43.5 Å². The fourth-order valence-corrected chi connectivity index (χ4v) is 4.10. The maximum Gasteiger partial charge on any atom is 0.126 e. The third-order valence-electron chi connectivity index (χ3n) is 5.50. The Bertz CT molecular complexity index is 850. The molecular formula is C22H26O3. The molecule has 1 aliphatic rings. The number of hydrogen-bond acceptors (Lipinski definition) is 3. The first-order valence-electron chi connectivity index (χ1n) is 8.59. The highest BCUT2D eigenvalue weighted by Gasteiger charge is 2.47. The van der Waals surface area contributed by atoms with Gasteiger partial charge in [0.25, 0.3) is 0 Å². The van der Waals surface area contributed by atoms with E-state index in [1.165, 1.54) is 5.56 Å². The van der Waals surface area contributed by atoms with Crippen molar-refractivity contribution in [1.29, 1.82) is 0 Å². The van der Waals surface area contributed by atoms with Crippen LogP contribution in [0.1, 0.15) is 41.7 Å². The van der Waals surface area contributed by atoms with Crippen LogP contribution in [-0.2, 0) is 10.3 Å². The molecule has 0 saturated carbocycles. The summed E-state index contributed by atoms with van der Waals surface area (Å²) in [5.41, 5.74) is 4.68. The second-order valence-electron chi connectivity index (χ2n) is 6.91. The van der Waals surface area contributed by atoms with E-state index < -0.39 is 5.60 Å². The van der Waals surface area contributed by atoms with Crippen LogP contribution in [0.3, 0.4) is 0 Å². The van der Waals surface area contributed by atoms with Gasteiger partial charge in [-0.25, -0.2) is 0 Å². The van der Waals surface area contributed by atoms with Gasteiger partial charge in [-0.3, -0.25) is 0 Å². The number of ether oxygens (including phenoxy) is 2. The Morgan fingerprint density at radius 2 is 1.72 bits per heavy atom. The molecule has 0 fully saturated rings. The molecule has 0 bridgehead atoms. The monoisotopic (exact) mass is 338 g/mol. The number of fused-ring (bicyclic) bond motifs is 1. The molecular weight excluding hydrogens is 312 g/mol. The quantitative estimate of drug-likeness (QED) is 0.890. The number of methoxy groups -OCH3 is 2. The van der Waals surface area contributed by atoms with Gasteiger partial charge >= 0.3 is 0 Å². The molecule has 1 aliphatic carbocycles. The van der Waals surface area contributed by atoms with E-state index in [9.17, 15) is 5.11 Å². The van der Waals surface area contributed by atoms with Crippen LogP contribution in [0.4, 0.5) is 0 Å². The molecule has 2 atom stereocenters. The number of hydrogen-bond donors (Lipinski definition) is 1. The molecule has 0 aromatic heterocycles. The lowest BCUT2D eigenvalue weighted by molar-refractivity contribution is 0.0318. The van der Waals surface area contributed by atoms with E-state index in [0.717, 1.165) is 33.6 Å². The summed E-state index contributed by atoms with van der Waals surface area (Å²) < 4.78 is 11.3. The van der Waals surface area contributed by atoms with Gasteiger partial charge in [-0.2, -0.15) is 0 Å². The molecule has 0 aliphatic heterocycles. The lowest BCUT2D eigenvalue weighted by Gasteiger charge is -2.42. The molecule has 0 spiro atoms. The lowest BCUT2D eigenvalue weighted by Crippen LogP contribution is -2.40. The van der Waals surface area contributed by atoms with Crippen LogP contribution >= 0.6 is 0 Å². The first kappa shape index (κ1) is 17.6. The van der Waals surface area contributed by atoms with E-state index >= 15 is 0 Å². The number of aliphatic hydroxyl groups is 1. The van der Waals surface area contributed by atoms with E-state index in [0.29, 0.717) is 5.75 Å². The summed E-state index contributed by atoms with van der Waals surface area (Å²) in [5, 5.41) is 12.1. The largest absolute Gasteiger partial charge is 0.496 e. The highest BCUT2D eigenvalue weighted by Crippen LogP contribution is 2.52. The van der Waals surface area contributed by atoms with Crippen molar-refractivity contribution in [3.8, 4) is 5.75 Å². The Balaban J connectivity index is 2.41. The Morgan fingerprint density at radius 1 is 1.00 bits per heavy atom. The second kappa shape index (κ2) is 6.23. The molecule has 3 nitrogen and oxygen atoms in total. The van der Waals surface area contributed by atoms with Gasteiger partial charge in [0.1, 0.15) is 17.1 Å². The van der Waals surface area contributed by atoms with Crippen molar-refractivity contribution in [2.45, 2.75) is 33.3 Å². The minimum absolute atomic E-state index is 0.146. The van der Waals surface area contributed by atoms with Gasteiger partial charge < -0.3 is 14.6 Å². The summed E-state index contributed by atoms with van der Waals surface area (Å²) >= 11 is 0. The van der Waals surface area contributed by atoms with E-state index in [2.05, 4.69) is 13.0 Å². The summed E-state index contributed by atoms with van der Waals surface area (Å²) in [5.74, 6) is 1.34. The Morgan fingerprint density at radius 3 is 2.32 bits per heavy atom. The third kappa shape index (κ3) is 2.46. The van der Waals surface area contributed by atoms with Crippen LogP contribution < -0.4 is 4.74 Å². The zero-order chi connectivity index (χ0) is 18.4. The first-order valence-corrected chi connectivity index (χ1v) is 8.59. The van der Waals surface area contributed by atoms with Crippen LogP contribution in [0.25, 0.3) is 5.76 Å². The highest BCUT2D eigenvalue weighted by atomic mass is 16.5. The van der Waals surface area contributed by atoms with Gasteiger partial charge in [0.15, 0.2) is 0 Å². The fraction of sp³-hybridized carbons (Fsp3) is 0.364. The maximum atomic E-state index is 12.1. The summed E-state index contributed by atoms with van der Waals surface area (Å²) in [4.78, 5) is 0. The van der Waals surface area contributed by atoms with Gasteiger partial charge in [-0.15, -0.1) is 0 Å². The summed E-state index contributed by atoms with van der Waals surface area (Å²) in [6.07, 6.45) is 0. The maximum absolute atomic E-state index is 12.1. The van der Waals surface area contributed by atoms with Gasteiger partial charge in [0, 0.05) is 17.0 Å². The van der Waals surface area contributed by atoms with Gasteiger partial charge in [0.2, 0.25) is 0 Å². The van der Waals surface area contributed by atoms with Crippen LogP contribution in [0.2, 0.25) is 0 Å². The topological polar surface area (TPSA) is 38.7 Å². The third-order valence-corrected chi connectivity index (χ3v) is 5.50. The van der Waals surface area contributed by atoms with Crippen molar-refractivity contribution in [2.24, 2.45) is 5.92 Å². The van der Waals surface area contributed by atoms with Crippen molar-refractivity contribution in [2.75, 3.05) is 14.2 Å². The lowest BCUT2D eigenvalue weighted by atomic mass is 9.67. The standard InChI is InChI=1S/C22H26O3/c1-13-10-11-18(14(2)12-13)22(23)16(4)15(3)21(25-6)17-8-7-9-19(24-5)20(17)22/h7-12,16,23H,1-6H3/t16-,22+/m0/s1. The van der Waals surface area contributed by atoms with Crippen molar-refractivity contribution in [3.63, 3.8) is 0 Å². The zero-order valence-corrected chi connectivity index (χ0v) is 15.8. The molecule has 3 rings (SSSR count). The molecule has 3 heteroatoms. The molecule has 0 heterocycles. The molecule has 25 heavy (non-hydrogen) atoms. The van der Waals surface area contributed by atoms with Gasteiger partial charge in [-0.1, -0.05) is 42.8 Å². The van der Waals surface area contributed by atoms with E-state index in [-0.39, 0.29) is 5.92 Å². The average molecular weight is 338 g/mol. The van der Waals surface area contributed by atoms with E-state index in [4.69, 9.17) is 9.47 Å². The van der Waals surface area contributed by atoms with Crippen LogP contribution in [-0.4, -0.2) is 19.3 Å². The van der Waals surface area contributed by atoms with Crippen molar-refractivity contribution < 1.29 is 14.6 Å². The number of benzene rings is 2. The SMILES string of the molecule is COC1=C(C)[C@H](C)[C@@](O)(c2ccc(C)cc2C)c2c(OC)cccc21. The Hall–Kier alpha value is -2.26. The van der Waals surface area contributed by atoms with Crippen LogP contribution in [0.15, 0.2) is 42.0 Å². The van der Waals surface area contributed by atoms with Crippen molar-refractivity contribution in [1.82, 2.24) is 0 Å². The summed E-state index contributed by atoms with van der Waals surface area (Å²) in [6.45, 7) is 8.18. The minimum atomic E-state index is -1.17. The summed E-state index contributed by atoms with van der Waals surface area (Å²) in [7, 11) is 3.32. The molecule has 0 saturated heterocycles. The molecule has 2 aromatic carbocycles. The van der Waals surface area contributed by atoms with Crippen LogP contribution in [0, 0.1) is 19.8 Å². The van der Waals surface area contributed by atoms with E-state index in [1.807, 2.05) is 51.1 Å². The van der Waals surface area contributed by atoms with Crippen LogP contribution in [0.5, 0.6) is 5.75 Å². The smallest absolute Gasteiger partial charge is 0.126 e.